The van der Waals surface area contributed by atoms with E-state index in [4.69, 9.17) is 9.47 Å². The van der Waals surface area contributed by atoms with E-state index in [0.29, 0.717) is 0 Å². The Labute approximate surface area is 112 Å². The highest BCUT2D eigenvalue weighted by atomic mass is 32.2. The van der Waals surface area contributed by atoms with Crippen molar-refractivity contribution in [3.8, 4) is 11.5 Å². The molecule has 0 fully saturated rings. The highest BCUT2D eigenvalue weighted by Crippen LogP contribution is 2.39. The van der Waals surface area contributed by atoms with Gasteiger partial charge in [0.25, 0.3) is 0 Å². The average molecular weight is 260 g/mol. The summed E-state index contributed by atoms with van der Waals surface area (Å²) in [5.41, 5.74) is 1.15. The SMILES string of the molecule is COc1cc(C)c(Sc2ccccc2)c(OC)c1. The summed E-state index contributed by atoms with van der Waals surface area (Å²) in [6, 6.07) is 14.2. The Morgan fingerprint density at radius 1 is 0.944 bits per heavy atom. The van der Waals surface area contributed by atoms with Crippen molar-refractivity contribution in [1.82, 2.24) is 0 Å². The smallest absolute Gasteiger partial charge is 0.136 e. The Morgan fingerprint density at radius 3 is 2.28 bits per heavy atom. The fourth-order valence-electron chi connectivity index (χ4n) is 1.72. The molecule has 18 heavy (non-hydrogen) atoms. The third-order valence-electron chi connectivity index (χ3n) is 2.63. The summed E-state index contributed by atoms with van der Waals surface area (Å²) < 4.78 is 10.7. The molecular formula is C15H16O2S. The summed E-state index contributed by atoms with van der Waals surface area (Å²) >= 11 is 1.70. The van der Waals surface area contributed by atoms with E-state index in [1.165, 1.54) is 4.90 Å². The van der Waals surface area contributed by atoms with Crippen molar-refractivity contribution >= 4 is 11.8 Å². The first-order valence-electron chi connectivity index (χ1n) is 5.70. The Kier molecular flexibility index (Phi) is 4.15. The summed E-state index contributed by atoms with van der Waals surface area (Å²) in [6.07, 6.45) is 0. The molecule has 2 aromatic carbocycles. The van der Waals surface area contributed by atoms with Crippen LogP contribution < -0.4 is 9.47 Å². The summed E-state index contributed by atoms with van der Waals surface area (Å²) in [5, 5.41) is 0. The molecule has 3 heteroatoms. The number of hydrogen-bond acceptors (Lipinski definition) is 3. The maximum absolute atomic E-state index is 5.44. The van der Waals surface area contributed by atoms with Gasteiger partial charge < -0.3 is 9.47 Å². The first-order valence-corrected chi connectivity index (χ1v) is 6.51. The Balaban J connectivity index is 2.38. The van der Waals surface area contributed by atoms with Crippen LogP contribution in [0.25, 0.3) is 0 Å². The van der Waals surface area contributed by atoms with E-state index in [2.05, 4.69) is 19.1 Å². The van der Waals surface area contributed by atoms with Crippen LogP contribution in [0, 0.1) is 6.92 Å². The molecular weight excluding hydrogens is 244 g/mol. The van der Waals surface area contributed by atoms with Crippen molar-refractivity contribution in [1.29, 1.82) is 0 Å². The lowest BCUT2D eigenvalue weighted by Gasteiger charge is -2.13. The maximum atomic E-state index is 5.44. The van der Waals surface area contributed by atoms with Crippen molar-refractivity contribution in [2.75, 3.05) is 14.2 Å². The molecule has 0 saturated heterocycles. The summed E-state index contributed by atoms with van der Waals surface area (Å²) in [7, 11) is 3.35. The van der Waals surface area contributed by atoms with Gasteiger partial charge in [-0.25, -0.2) is 0 Å². The molecule has 94 valence electrons. The normalized spacial score (nSPS) is 10.2. The predicted octanol–water partition coefficient (Wildman–Crippen LogP) is 4.16. The monoisotopic (exact) mass is 260 g/mol. The summed E-state index contributed by atoms with van der Waals surface area (Å²) in [5.74, 6) is 1.67. The molecule has 0 N–H and O–H groups in total. The lowest BCUT2D eigenvalue weighted by molar-refractivity contribution is 0.386. The Morgan fingerprint density at radius 2 is 1.67 bits per heavy atom. The molecule has 0 heterocycles. The fraction of sp³-hybridized carbons (Fsp3) is 0.200. The lowest BCUT2D eigenvalue weighted by atomic mass is 10.2. The molecule has 0 bridgehead atoms. The number of ether oxygens (including phenoxy) is 2. The molecule has 0 aromatic heterocycles. The predicted molar refractivity (Wildman–Crippen MR) is 74.8 cm³/mol. The van der Waals surface area contributed by atoms with E-state index in [1.807, 2.05) is 30.3 Å². The third kappa shape index (κ3) is 2.79. The van der Waals surface area contributed by atoms with E-state index >= 15 is 0 Å². The number of benzene rings is 2. The summed E-state index contributed by atoms with van der Waals surface area (Å²) in [6.45, 7) is 2.07. The highest BCUT2D eigenvalue weighted by molar-refractivity contribution is 7.99. The first kappa shape index (κ1) is 12.8. The van der Waals surface area contributed by atoms with Gasteiger partial charge >= 0.3 is 0 Å². The number of aryl methyl sites for hydroxylation is 1. The number of rotatable bonds is 4. The average Bonchev–Trinajstić information content (AvgIpc) is 2.42. The van der Waals surface area contributed by atoms with E-state index < -0.39 is 0 Å². The molecule has 0 spiro atoms. The van der Waals surface area contributed by atoms with Gasteiger partial charge in [0.15, 0.2) is 0 Å². The van der Waals surface area contributed by atoms with Crippen LogP contribution in [-0.4, -0.2) is 14.2 Å². The van der Waals surface area contributed by atoms with Gasteiger partial charge in [0.05, 0.1) is 19.1 Å². The summed E-state index contributed by atoms with van der Waals surface area (Å²) in [4.78, 5) is 2.33. The molecule has 0 unspecified atom stereocenters. The van der Waals surface area contributed by atoms with Gasteiger partial charge in [0, 0.05) is 11.0 Å². The van der Waals surface area contributed by atoms with Crippen LogP contribution in [0.1, 0.15) is 5.56 Å². The van der Waals surface area contributed by atoms with Crippen molar-refractivity contribution in [2.45, 2.75) is 16.7 Å². The second kappa shape index (κ2) is 5.83. The molecule has 0 radical (unpaired) electrons. The van der Waals surface area contributed by atoms with Crippen LogP contribution >= 0.6 is 11.8 Å². The Bertz CT molecular complexity index is 524. The minimum Gasteiger partial charge on any atom is -0.497 e. The van der Waals surface area contributed by atoms with Gasteiger partial charge in [-0.15, -0.1) is 0 Å². The van der Waals surface area contributed by atoms with E-state index in [1.54, 1.807) is 26.0 Å². The van der Waals surface area contributed by atoms with E-state index in [9.17, 15) is 0 Å². The van der Waals surface area contributed by atoms with Crippen molar-refractivity contribution < 1.29 is 9.47 Å². The van der Waals surface area contributed by atoms with Crippen molar-refractivity contribution in [3.63, 3.8) is 0 Å². The van der Waals surface area contributed by atoms with Crippen LogP contribution in [-0.2, 0) is 0 Å². The molecule has 0 atom stereocenters. The van der Waals surface area contributed by atoms with Gasteiger partial charge in [-0.1, -0.05) is 30.0 Å². The lowest BCUT2D eigenvalue weighted by Crippen LogP contribution is -1.92. The van der Waals surface area contributed by atoms with Gasteiger partial charge in [-0.05, 0) is 30.7 Å². The zero-order valence-electron chi connectivity index (χ0n) is 10.8. The molecule has 0 saturated carbocycles. The molecule has 0 amide bonds. The molecule has 2 rings (SSSR count). The van der Waals surface area contributed by atoms with Crippen LogP contribution in [0.15, 0.2) is 52.3 Å². The third-order valence-corrected chi connectivity index (χ3v) is 3.87. The van der Waals surface area contributed by atoms with Crippen molar-refractivity contribution in [2.24, 2.45) is 0 Å². The first-order chi connectivity index (χ1) is 8.74. The zero-order valence-corrected chi connectivity index (χ0v) is 11.6. The minimum absolute atomic E-state index is 0.821. The van der Waals surface area contributed by atoms with Crippen LogP contribution in [0.4, 0.5) is 0 Å². The molecule has 0 aliphatic rings. The quantitative estimate of drug-likeness (QED) is 0.822. The van der Waals surface area contributed by atoms with Gasteiger partial charge in [-0.2, -0.15) is 0 Å². The zero-order chi connectivity index (χ0) is 13.0. The highest BCUT2D eigenvalue weighted by Gasteiger charge is 2.10. The topological polar surface area (TPSA) is 18.5 Å². The van der Waals surface area contributed by atoms with Gasteiger partial charge in [0.2, 0.25) is 0 Å². The second-order valence-electron chi connectivity index (χ2n) is 3.89. The maximum Gasteiger partial charge on any atom is 0.136 e. The molecule has 0 aliphatic heterocycles. The van der Waals surface area contributed by atoms with Gasteiger partial charge in [0.1, 0.15) is 11.5 Å². The van der Waals surface area contributed by atoms with E-state index in [-0.39, 0.29) is 0 Å². The van der Waals surface area contributed by atoms with Crippen LogP contribution in [0.3, 0.4) is 0 Å². The molecule has 2 aromatic rings. The fourth-order valence-corrected chi connectivity index (χ4v) is 2.71. The van der Waals surface area contributed by atoms with E-state index in [0.717, 1.165) is 22.0 Å². The largest absolute Gasteiger partial charge is 0.497 e. The molecule has 0 aliphatic carbocycles. The minimum atomic E-state index is 0.821. The Hall–Kier alpha value is -1.61. The van der Waals surface area contributed by atoms with Crippen LogP contribution in [0.5, 0.6) is 11.5 Å². The standard InChI is InChI=1S/C15H16O2S/c1-11-9-12(16-2)10-14(17-3)15(11)18-13-7-5-4-6-8-13/h4-10H,1-3H3. The van der Waals surface area contributed by atoms with Gasteiger partial charge in [-0.3, -0.25) is 0 Å². The number of methoxy groups -OCH3 is 2. The molecule has 2 nitrogen and oxygen atoms in total. The van der Waals surface area contributed by atoms with Crippen molar-refractivity contribution in [3.05, 3.63) is 48.0 Å². The number of hydrogen-bond donors (Lipinski definition) is 0. The van der Waals surface area contributed by atoms with Crippen LogP contribution in [0.2, 0.25) is 0 Å². The second-order valence-corrected chi connectivity index (χ2v) is 4.97.